The third-order valence-electron chi connectivity index (χ3n) is 6.24. The van der Waals surface area contributed by atoms with Crippen LogP contribution in [0.1, 0.15) is 41.4 Å². The number of nitrogens with one attached hydrogen (secondary N) is 2. The summed E-state index contributed by atoms with van der Waals surface area (Å²) in [5.41, 5.74) is 0.660. The summed E-state index contributed by atoms with van der Waals surface area (Å²) in [6.07, 6.45) is 4.67. The predicted molar refractivity (Wildman–Crippen MR) is 131 cm³/mol. The molecule has 1 aliphatic heterocycles. The van der Waals surface area contributed by atoms with Crippen LogP contribution in [0.5, 0.6) is 0 Å². The van der Waals surface area contributed by atoms with Crippen molar-refractivity contribution in [2.24, 2.45) is 0 Å². The molecule has 13 heteroatoms. The number of alkyl halides is 4. The first-order valence-electron chi connectivity index (χ1n) is 11.9. The quantitative estimate of drug-likeness (QED) is 0.264. The maximum atomic E-state index is 14.6. The van der Waals surface area contributed by atoms with Gasteiger partial charge in [-0.2, -0.15) is 0 Å². The molecule has 0 bridgehead atoms. The molecule has 1 amide bonds. The number of likely N-dealkylation sites (tertiary alicyclic amines) is 1. The van der Waals surface area contributed by atoms with Crippen molar-refractivity contribution in [1.29, 1.82) is 0 Å². The van der Waals surface area contributed by atoms with Crippen LogP contribution in [-0.2, 0) is 0 Å². The fraction of sp³-hybridized carbons (Fsp3) is 0.458. The van der Waals surface area contributed by atoms with Gasteiger partial charge >= 0.3 is 217 Å². The Hall–Kier alpha value is -3.07. The number of fused-ring (bicyclic) bond motifs is 1. The summed E-state index contributed by atoms with van der Waals surface area (Å²) < 4.78 is 58.0. The number of pyridine rings is 1. The minimum absolute atomic E-state index is 0.00615. The molecule has 0 spiro atoms. The molecule has 37 heavy (non-hydrogen) atoms. The summed E-state index contributed by atoms with van der Waals surface area (Å²) in [7, 11) is 1.84. The maximum absolute atomic E-state index is 14.6. The Kier molecular flexibility index (Phi) is 7.16. The van der Waals surface area contributed by atoms with Crippen molar-refractivity contribution in [2.45, 2.75) is 42.6 Å². The number of nitrogens with zero attached hydrogens (tertiary/aromatic N) is 5. The predicted octanol–water partition coefficient (Wildman–Crippen LogP) is 1.95. The molecule has 196 valence electrons. The minimum atomic E-state index is -4.41. The van der Waals surface area contributed by atoms with Gasteiger partial charge in [-0.3, -0.25) is 0 Å². The first kappa shape index (κ1) is 25.6. The fourth-order valence-electron chi connectivity index (χ4n) is 4.21. The van der Waals surface area contributed by atoms with Crippen LogP contribution >= 0.6 is 0 Å². The van der Waals surface area contributed by atoms with Crippen LogP contribution in [0.4, 0.5) is 23.4 Å². The SMILES string of the molecule is CN1CCC(Nc2cccc3c([Se]C(F)(F)F)c(C#CCNC(=O)c4cnn(C5CC5)c4)nn23)C(F)C1. The van der Waals surface area contributed by atoms with Gasteiger partial charge in [0.2, 0.25) is 0 Å². The number of anilines is 1. The average molecular weight is 582 g/mol. The fourth-order valence-corrected chi connectivity index (χ4v) is 5.64. The number of carbonyl (C=O) groups excluding carboxylic acids is 1. The molecule has 3 aromatic heterocycles. The molecule has 2 atom stereocenters. The molecule has 1 aliphatic carbocycles. The van der Waals surface area contributed by atoms with E-state index < -0.39 is 32.2 Å². The van der Waals surface area contributed by atoms with Crippen LogP contribution in [0, 0.1) is 11.8 Å². The molecule has 0 radical (unpaired) electrons. The standard InChI is InChI=1S/C24H25F4N7OSe/c1-33-11-9-18(17(25)14-33)31-21-6-2-5-20-22(37-24(26,27)28)19(32-35(20)21)4-3-10-29-23(36)15-12-30-34(13-15)16-7-8-16/h2,5-6,12-13,16-18,31H,7-11,14H2,1H3,(H,29,36). The van der Waals surface area contributed by atoms with Gasteiger partial charge in [0.1, 0.15) is 0 Å². The normalized spacial score (nSPS) is 20.5. The molecule has 2 fully saturated rings. The van der Waals surface area contributed by atoms with Gasteiger partial charge in [-0.1, -0.05) is 0 Å². The first-order valence-corrected chi connectivity index (χ1v) is 13.6. The Morgan fingerprint density at radius 3 is 2.81 bits per heavy atom. The first-order chi connectivity index (χ1) is 17.7. The Bertz CT molecular complexity index is 1350. The molecule has 2 unspecified atom stereocenters. The molecule has 1 saturated carbocycles. The van der Waals surface area contributed by atoms with Crippen molar-refractivity contribution >= 4 is 36.7 Å². The van der Waals surface area contributed by atoms with E-state index in [9.17, 15) is 22.4 Å². The molecule has 3 aromatic rings. The van der Waals surface area contributed by atoms with Gasteiger partial charge in [-0.15, -0.1) is 0 Å². The monoisotopic (exact) mass is 583 g/mol. The van der Waals surface area contributed by atoms with E-state index in [0.29, 0.717) is 30.4 Å². The summed E-state index contributed by atoms with van der Waals surface area (Å²) in [6.45, 7) is 0.919. The Balaban J connectivity index is 1.35. The molecular weight excluding hydrogens is 557 g/mol. The Morgan fingerprint density at radius 1 is 1.27 bits per heavy atom. The van der Waals surface area contributed by atoms with Crippen molar-refractivity contribution in [2.75, 3.05) is 32.0 Å². The Labute approximate surface area is 216 Å². The zero-order chi connectivity index (χ0) is 26.2. The van der Waals surface area contributed by atoms with Crippen LogP contribution in [-0.4, -0.2) is 89.1 Å². The molecule has 5 rings (SSSR count). The number of amides is 1. The third-order valence-corrected chi connectivity index (χ3v) is 7.99. The van der Waals surface area contributed by atoms with E-state index in [1.165, 1.54) is 10.7 Å². The second-order valence-corrected chi connectivity index (χ2v) is 11.4. The number of piperidine rings is 1. The molecular formula is C24H25F4N7OSe. The Morgan fingerprint density at radius 2 is 2.08 bits per heavy atom. The summed E-state index contributed by atoms with van der Waals surface area (Å²) >= 11 is -1.89. The second kappa shape index (κ2) is 10.4. The van der Waals surface area contributed by atoms with Gasteiger partial charge in [0, 0.05) is 0 Å². The molecule has 8 nitrogen and oxygen atoms in total. The van der Waals surface area contributed by atoms with Crippen molar-refractivity contribution in [3.05, 3.63) is 41.9 Å². The van der Waals surface area contributed by atoms with Crippen LogP contribution in [0.25, 0.3) is 5.52 Å². The topological polar surface area (TPSA) is 79.5 Å². The number of hydrogen-bond donors (Lipinski definition) is 2. The van der Waals surface area contributed by atoms with E-state index in [1.54, 1.807) is 29.1 Å². The van der Waals surface area contributed by atoms with Gasteiger partial charge in [-0.25, -0.2) is 0 Å². The van der Waals surface area contributed by atoms with Crippen molar-refractivity contribution < 1.29 is 22.4 Å². The van der Waals surface area contributed by atoms with Crippen molar-refractivity contribution in [1.82, 2.24) is 29.6 Å². The summed E-state index contributed by atoms with van der Waals surface area (Å²) in [6, 6.07) is 4.70. The second-order valence-electron chi connectivity index (χ2n) is 9.18. The van der Waals surface area contributed by atoms with Gasteiger partial charge < -0.3 is 0 Å². The van der Waals surface area contributed by atoms with Gasteiger partial charge in [-0.05, 0) is 0 Å². The van der Waals surface area contributed by atoms with Crippen LogP contribution in [0.15, 0.2) is 30.6 Å². The van der Waals surface area contributed by atoms with Crippen LogP contribution in [0.2, 0.25) is 0 Å². The van der Waals surface area contributed by atoms with E-state index in [1.807, 2.05) is 11.9 Å². The molecule has 0 aromatic carbocycles. The van der Waals surface area contributed by atoms with Crippen LogP contribution < -0.4 is 15.1 Å². The van der Waals surface area contributed by atoms with E-state index >= 15 is 0 Å². The molecule has 1 saturated heterocycles. The molecule has 2 aliphatic rings. The number of aromatic nitrogens is 4. The van der Waals surface area contributed by atoms with Gasteiger partial charge in [0.25, 0.3) is 0 Å². The van der Waals surface area contributed by atoms with Gasteiger partial charge in [0.05, 0.1) is 0 Å². The van der Waals surface area contributed by atoms with Crippen LogP contribution in [0.3, 0.4) is 0 Å². The van der Waals surface area contributed by atoms with E-state index in [4.69, 9.17) is 0 Å². The summed E-state index contributed by atoms with van der Waals surface area (Å²) in [5, 5.41) is 9.87. The van der Waals surface area contributed by atoms with Crippen molar-refractivity contribution in [3.8, 4) is 11.8 Å². The number of halogens is 4. The van der Waals surface area contributed by atoms with E-state index in [0.717, 1.165) is 12.8 Å². The zero-order valence-corrected chi connectivity index (χ0v) is 21.6. The zero-order valence-electron chi connectivity index (χ0n) is 19.9. The molecule has 2 N–H and O–H groups in total. The third kappa shape index (κ3) is 6.09. The van der Waals surface area contributed by atoms with Crippen molar-refractivity contribution in [3.63, 3.8) is 0 Å². The number of hydrogen-bond acceptors (Lipinski definition) is 5. The van der Waals surface area contributed by atoms with Gasteiger partial charge in [0.15, 0.2) is 0 Å². The van der Waals surface area contributed by atoms with E-state index in [-0.39, 0.29) is 34.7 Å². The average Bonchev–Trinajstić information content (AvgIpc) is 3.47. The van der Waals surface area contributed by atoms with E-state index in [2.05, 4.69) is 32.7 Å². The summed E-state index contributed by atoms with van der Waals surface area (Å²) in [5.74, 6) is 5.46. The number of carbonyl (C=O) groups is 1. The molecule has 4 heterocycles. The summed E-state index contributed by atoms with van der Waals surface area (Å²) in [4.78, 5) is 14.2. The number of rotatable bonds is 6.